The van der Waals surface area contributed by atoms with Gasteiger partial charge in [0.2, 0.25) is 5.91 Å². The van der Waals surface area contributed by atoms with Gasteiger partial charge in [-0.05, 0) is 54.4 Å². The first-order valence-electron chi connectivity index (χ1n) is 10.5. The van der Waals surface area contributed by atoms with E-state index in [4.69, 9.17) is 27.9 Å². The van der Waals surface area contributed by atoms with Crippen molar-refractivity contribution in [2.75, 3.05) is 19.6 Å². The lowest BCUT2D eigenvalue weighted by atomic mass is 10.1. The number of hydrogen-bond donors (Lipinski definition) is 0. The van der Waals surface area contributed by atoms with Gasteiger partial charge in [0, 0.05) is 18.7 Å². The monoisotopic (exact) mass is 515 g/mol. The molecule has 0 aliphatic carbocycles. The summed E-state index contributed by atoms with van der Waals surface area (Å²) in [5.74, 6) is -0.507. The molecule has 2 aromatic carbocycles. The van der Waals surface area contributed by atoms with E-state index in [1.165, 1.54) is 6.08 Å². The van der Waals surface area contributed by atoms with Crippen molar-refractivity contribution in [1.82, 2.24) is 9.80 Å². The fourth-order valence-corrected chi connectivity index (χ4v) is 5.15. The molecule has 0 N–H and O–H groups in total. The van der Waals surface area contributed by atoms with E-state index in [1.807, 2.05) is 0 Å². The van der Waals surface area contributed by atoms with Crippen LogP contribution in [0.25, 0.3) is 6.08 Å². The molecule has 7 nitrogen and oxygen atoms in total. The minimum atomic E-state index is -0.525. The van der Waals surface area contributed by atoms with E-state index in [-0.39, 0.29) is 39.8 Å². The van der Waals surface area contributed by atoms with Gasteiger partial charge in [0.15, 0.2) is 5.75 Å². The SMILES string of the molecule is N#Cc1ccccc1COc1c(Cl)cc(/C=C2/SC(=O)N(CC(=O)N3CCCC3)C2=O)cc1Cl. The molecule has 34 heavy (non-hydrogen) atoms. The molecule has 2 aliphatic rings. The second-order valence-corrected chi connectivity index (χ2v) is 9.53. The maximum Gasteiger partial charge on any atom is 0.294 e. The summed E-state index contributed by atoms with van der Waals surface area (Å²) in [6.45, 7) is 1.14. The van der Waals surface area contributed by atoms with Crippen molar-refractivity contribution in [2.45, 2.75) is 19.4 Å². The maximum absolute atomic E-state index is 12.8. The first kappa shape index (κ1) is 24.1. The number of imide groups is 1. The minimum absolute atomic E-state index is 0.104. The first-order valence-corrected chi connectivity index (χ1v) is 12.1. The van der Waals surface area contributed by atoms with Gasteiger partial charge in [-0.25, -0.2) is 0 Å². The highest BCUT2D eigenvalue weighted by Crippen LogP contribution is 2.38. The van der Waals surface area contributed by atoms with E-state index < -0.39 is 11.1 Å². The van der Waals surface area contributed by atoms with Gasteiger partial charge in [-0.1, -0.05) is 41.4 Å². The lowest BCUT2D eigenvalue weighted by Crippen LogP contribution is -2.40. The summed E-state index contributed by atoms with van der Waals surface area (Å²) < 4.78 is 5.76. The Morgan fingerprint density at radius 3 is 2.50 bits per heavy atom. The number of thioether (sulfide) groups is 1. The van der Waals surface area contributed by atoms with Crippen molar-refractivity contribution in [3.63, 3.8) is 0 Å². The van der Waals surface area contributed by atoms with Gasteiger partial charge in [-0.2, -0.15) is 5.26 Å². The fraction of sp³-hybridized carbons (Fsp3) is 0.250. The Hall–Kier alpha value is -2.99. The second kappa shape index (κ2) is 10.5. The van der Waals surface area contributed by atoms with Crippen molar-refractivity contribution in [2.24, 2.45) is 0 Å². The number of hydrogen-bond acceptors (Lipinski definition) is 6. The summed E-state index contributed by atoms with van der Waals surface area (Å²) in [6.07, 6.45) is 3.37. The van der Waals surface area contributed by atoms with Gasteiger partial charge >= 0.3 is 0 Å². The summed E-state index contributed by atoms with van der Waals surface area (Å²) in [5, 5.41) is 9.17. The summed E-state index contributed by atoms with van der Waals surface area (Å²) in [6, 6.07) is 12.3. The molecular formula is C24H19Cl2N3O4S. The van der Waals surface area contributed by atoms with Gasteiger partial charge in [0.1, 0.15) is 13.2 Å². The highest BCUT2D eigenvalue weighted by molar-refractivity contribution is 8.18. The van der Waals surface area contributed by atoms with E-state index in [0.717, 1.165) is 29.5 Å². The van der Waals surface area contributed by atoms with E-state index in [1.54, 1.807) is 41.3 Å². The quantitative estimate of drug-likeness (QED) is 0.496. The highest BCUT2D eigenvalue weighted by atomic mass is 35.5. The molecule has 174 valence electrons. The zero-order chi connectivity index (χ0) is 24.2. The molecule has 0 bridgehead atoms. The van der Waals surface area contributed by atoms with E-state index in [2.05, 4.69) is 6.07 Å². The zero-order valence-corrected chi connectivity index (χ0v) is 20.3. The summed E-state index contributed by atoms with van der Waals surface area (Å²) in [5.41, 5.74) is 1.69. The number of carbonyl (C=O) groups is 3. The first-order chi connectivity index (χ1) is 16.4. The molecular weight excluding hydrogens is 497 g/mol. The number of benzene rings is 2. The topological polar surface area (TPSA) is 90.7 Å². The number of nitrogens with zero attached hydrogens (tertiary/aromatic N) is 3. The van der Waals surface area contributed by atoms with Crippen LogP contribution in [0.3, 0.4) is 0 Å². The number of nitriles is 1. The molecule has 2 aliphatic heterocycles. The third kappa shape index (κ3) is 5.22. The second-order valence-electron chi connectivity index (χ2n) is 7.73. The molecule has 0 spiro atoms. The van der Waals surface area contributed by atoms with Crippen molar-refractivity contribution in [3.8, 4) is 11.8 Å². The van der Waals surface area contributed by atoms with Crippen LogP contribution in [0.1, 0.15) is 29.5 Å². The number of halogens is 2. The molecule has 0 saturated carbocycles. The summed E-state index contributed by atoms with van der Waals surface area (Å²) >= 11 is 13.5. The summed E-state index contributed by atoms with van der Waals surface area (Å²) in [7, 11) is 0. The van der Waals surface area contributed by atoms with Gasteiger partial charge < -0.3 is 9.64 Å². The van der Waals surface area contributed by atoms with Gasteiger partial charge in [-0.15, -0.1) is 0 Å². The third-order valence-electron chi connectivity index (χ3n) is 5.45. The van der Waals surface area contributed by atoms with Crippen LogP contribution in [0.5, 0.6) is 5.75 Å². The molecule has 10 heteroatoms. The predicted molar refractivity (Wildman–Crippen MR) is 130 cm³/mol. The standard InChI is InChI=1S/C24H19Cl2N3O4S/c25-18-9-15(10-19(26)22(18)33-14-17-6-2-1-5-16(17)12-27)11-20-23(31)29(24(32)34-20)13-21(30)28-7-3-4-8-28/h1-2,5-6,9-11H,3-4,7-8,13-14H2/b20-11+. The van der Waals surface area contributed by atoms with Gasteiger partial charge in [0.05, 0.1) is 26.6 Å². The van der Waals surface area contributed by atoms with E-state index in [0.29, 0.717) is 29.8 Å². The largest absolute Gasteiger partial charge is 0.486 e. The zero-order valence-electron chi connectivity index (χ0n) is 17.9. The van der Waals surface area contributed by atoms with Crippen molar-refractivity contribution >= 4 is 58.1 Å². The Bertz CT molecular complexity index is 1210. The van der Waals surface area contributed by atoms with Crippen LogP contribution in [0.4, 0.5) is 4.79 Å². The lowest BCUT2D eigenvalue weighted by Gasteiger charge is -2.18. The Balaban J connectivity index is 1.47. The van der Waals surface area contributed by atoms with Gasteiger partial charge in [-0.3, -0.25) is 19.3 Å². The van der Waals surface area contributed by atoms with Crippen LogP contribution in [0.2, 0.25) is 10.0 Å². The van der Waals surface area contributed by atoms with E-state index in [9.17, 15) is 19.6 Å². The Morgan fingerprint density at radius 2 is 1.82 bits per heavy atom. The molecule has 0 aromatic heterocycles. The molecule has 2 saturated heterocycles. The van der Waals surface area contributed by atoms with Crippen LogP contribution in [-0.4, -0.2) is 46.5 Å². The van der Waals surface area contributed by atoms with Crippen LogP contribution < -0.4 is 4.74 Å². The molecule has 2 heterocycles. The lowest BCUT2D eigenvalue weighted by molar-refractivity contribution is -0.135. The molecule has 3 amide bonds. The minimum Gasteiger partial charge on any atom is -0.486 e. The van der Waals surface area contributed by atoms with Crippen LogP contribution in [0.15, 0.2) is 41.3 Å². The average molecular weight is 516 g/mol. The maximum atomic E-state index is 12.8. The molecule has 2 aromatic rings. The number of ether oxygens (including phenoxy) is 1. The molecule has 0 radical (unpaired) electrons. The van der Waals surface area contributed by atoms with E-state index >= 15 is 0 Å². The molecule has 4 rings (SSSR count). The highest BCUT2D eigenvalue weighted by Gasteiger charge is 2.37. The number of likely N-dealkylation sites (tertiary alicyclic amines) is 1. The van der Waals surface area contributed by atoms with Crippen LogP contribution in [0, 0.1) is 11.3 Å². The normalized spacial score (nSPS) is 16.9. The van der Waals surface area contributed by atoms with Crippen molar-refractivity contribution < 1.29 is 19.1 Å². The molecule has 0 unspecified atom stereocenters. The van der Waals surface area contributed by atoms with Crippen molar-refractivity contribution in [3.05, 3.63) is 68.0 Å². The Labute approximate surface area is 210 Å². The van der Waals surface area contributed by atoms with Crippen LogP contribution >= 0.6 is 35.0 Å². The predicted octanol–water partition coefficient (Wildman–Crippen LogP) is 5.10. The summed E-state index contributed by atoms with van der Waals surface area (Å²) in [4.78, 5) is 40.3. The average Bonchev–Trinajstić information content (AvgIpc) is 3.44. The number of carbonyl (C=O) groups excluding carboxylic acids is 3. The number of amides is 3. The van der Waals surface area contributed by atoms with Gasteiger partial charge in [0.25, 0.3) is 11.1 Å². The molecule has 2 fully saturated rings. The number of rotatable bonds is 6. The fourth-order valence-electron chi connectivity index (χ4n) is 3.70. The molecule has 0 atom stereocenters. The Morgan fingerprint density at radius 1 is 1.15 bits per heavy atom. The van der Waals surface area contributed by atoms with Crippen LogP contribution in [-0.2, 0) is 16.2 Å². The van der Waals surface area contributed by atoms with Crippen molar-refractivity contribution in [1.29, 1.82) is 5.26 Å². The smallest absolute Gasteiger partial charge is 0.294 e. The third-order valence-corrected chi connectivity index (χ3v) is 6.92. The Kier molecular flexibility index (Phi) is 7.47.